The van der Waals surface area contributed by atoms with Gasteiger partial charge >= 0.3 is 0 Å². The summed E-state index contributed by atoms with van der Waals surface area (Å²) in [7, 11) is 0. The van der Waals surface area contributed by atoms with Crippen LogP contribution in [0.2, 0.25) is 0 Å². The fourth-order valence-corrected chi connectivity index (χ4v) is 3.36. The van der Waals surface area contributed by atoms with Crippen LogP contribution in [-0.4, -0.2) is 26.6 Å². The standard InChI is InChI=1S/C21H22N4O/c26-19(15-7-2-1-3-8-15)12-14-23-20-16-9-6-11-17(16)24-21(25-20)18-10-4-5-13-22-18/h1-5,7-8,10,13,19,26H,6,9,11-12,14H2,(H,23,24,25)/t19-/m0/s1. The van der Waals surface area contributed by atoms with Gasteiger partial charge in [-0.3, -0.25) is 4.98 Å². The molecule has 0 fully saturated rings. The third kappa shape index (κ3) is 3.58. The van der Waals surface area contributed by atoms with Gasteiger partial charge < -0.3 is 10.4 Å². The molecular formula is C21H22N4O. The second-order valence-corrected chi connectivity index (χ2v) is 6.53. The molecule has 0 radical (unpaired) electrons. The Morgan fingerprint density at radius 1 is 1.00 bits per heavy atom. The minimum absolute atomic E-state index is 0.478. The van der Waals surface area contributed by atoms with Crippen molar-refractivity contribution in [2.45, 2.75) is 31.8 Å². The molecule has 0 aliphatic heterocycles. The van der Waals surface area contributed by atoms with Crippen molar-refractivity contribution in [2.75, 3.05) is 11.9 Å². The molecule has 26 heavy (non-hydrogen) atoms. The fourth-order valence-electron chi connectivity index (χ4n) is 3.36. The number of anilines is 1. The molecule has 1 aliphatic carbocycles. The van der Waals surface area contributed by atoms with Crippen molar-refractivity contribution in [3.05, 3.63) is 71.5 Å². The van der Waals surface area contributed by atoms with Crippen LogP contribution >= 0.6 is 0 Å². The van der Waals surface area contributed by atoms with Crippen LogP contribution in [0.1, 0.15) is 35.8 Å². The van der Waals surface area contributed by atoms with Gasteiger partial charge in [-0.1, -0.05) is 36.4 Å². The molecule has 2 heterocycles. The van der Waals surface area contributed by atoms with Gasteiger partial charge in [-0.05, 0) is 43.4 Å². The second-order valence-electron chi connectivity index (χ2n) is 6.53. The largest absolute Gasteiger partial charge is 0.388 e. The summed E-state index contributed by atoms with van der Waals surface area (Å²) in [6, 6.07) is 15.5. The summed E-state index contributed by atoms with van der Waals surface area (Å²) >= 11 is 0. The van der Waals surface area contributed by atoms with Gasteiger partial charge in [-0.2, -0.15) is 0 Å². The molecular weight excluding hydrogens is 324 g/mol. The van der Waals surface area contributed by atoms with E-state index in [2.05, 4.69) is 10.3 Å². The minimum atomic E-state index is -0.478. The van der Waals surface area contributed by atoms with E-state index >= 15 is 0 Å². The smallest absolute Gasteiger partial charge is 0.180 e. The van der Waals surface area contributed by atoms with Crippen LogP contribution in [0, 0.1) is 0 Å². The molecule has 132 valence electrons. The van der Waals surface area contributed by atoms with Crippen molar-refractivity contribution in [1.29, 1.82) is 0 Å². The van der Waals surface area contributed by atoms with Crippen molar-refractivity contribution in [3.63, 3.8) is 0 Å². The Labute approximate surface area is 153 Å². The van der Waals surface area contributed by atoms with E-state index in [1.54, 1.807) is 6.20 Å². The van der Waals surface area contributed by atoms with Crippen molar-refractivity contribution in [1.82, 2.24) is 15.0 Å². The first kappa shape index (κ1) is 16.7. The number of hydrogen-bond donors (Lipinski definition) is 2. The number of aromatic nitrogens is 3. The lowest BCUT2D eigenvalue weighted by Gasteiger charge is -2.14. The second kappa shape index (κ2) is 7.62. The Bertz CT molecular complexity index is 868. The zero-order chi connectivity index (χ0) is 17.8. The number of hydrogen-bond acceptors (Lipinski definition) is 5. The number of aryl methyl sites for hydroxylation is 1. The number of nitrogens with zero attached hydrogens (tertiary/aromatic N) is 3. The maximum Gasteiger partial charge on any atom is 0.180 e. The molecule has 5 nitrogen and oxygen atoms in total. The number of aliphatic hydroxyl groups is 1. The van der Waals surface area contributed by atoms with E-state index in [0.717, 1.165) is 42.0 Å². The van der Waals surface area contributed by atoms with Gasteiger partial charge in [-0.15, -0.1) is 0 Å². The molecule has 3 aromatic rings. The van der Waals surface area contributed by atoms with Crippen LogP contribution in [0.25, 0.3) is 11.5 Å². The third-order valence-electron chi connectivity index (χ3n) is 4.72. The van der Waals surface area contributed by atoms with E-state index < -0.39 is 6.10 Å². The highest BCUT2D eigenvalue weighted by Crippen LogP contribution is 2.29. The lowest BCUT2D eigenvalue weighted by atomic mass is 10.1. The molecule has 0 saturated heterocycles. The molecule has 0 unspecified atom stereocenters. The monoisotopic (exact) mass is 346 g/mol. The average Bonchev–Trinajstić information content (AvgIpc) is 3.18. The number of benzene rings is 1. The number of pyridine rings is 1. The molecule has 5 heteroatoms. The van der Waals surface area contributed by atoms with Gasteiger partial charge in [0.2, 0.25) is 0 Å². The number of aliphatic hydroxyl groups excluding tert-OH is 1. The molecule has 0 saturated carbocycles. The highest BCUT2D eigenvalue weighted by Gasteiger charge is 2.20. The summed E-state index contributed by atoms with van der Waals surface area (Å²) in [4.78, 5) is 13.8. The Kier molecular flexibility index (Phi) is 4.88. The van der Waals surface area contributed by atoms with Gasteiger partial charge in [0.15, 0.2) is 5.82 Å². The van der Waals surface area contributed by atoms with Crippen molar-refractivity contribution in [2.24, 2.45) is 0 Å². The van der Waals surface area contributed by atoms with E-state index in [0.29, 0.717) is 18.8 Å². The van der Waals surface area contributed by atoms with Gasteiger partial charge in [0.1, 0.15) is 11.5 Å². The molecule has 4 rings (SSSR count). The van der Waals surface area contributed by atoms with Crippen molar-refractivity contribution >= 4 is 5.82 Å². The zero-order valence-corrected chi connectivity index (χ0v) is 14.6. The Hall–Kier alpha value is -2.79. The topological polar surface area (TPSA) is 70.9 Å². The summed E-state index contributed by atoms with van der Waals surface area (Å²) in [5, 5.41) is 13.8. The van der Waals surface area contributed by atoms with Gasteiger partial charge in [0.25, 0.3) is 0 Å². The molecule has 0 amide bonds. The fraction of sp³-hybridized carbons (Fsp3) is 0.286. The predicted molar refractivity (Wildman–Crippen MR) is 102 cm³/mol. The van der Waals surface area contributed by atoms with Gasteiger partial charge in [-0.25, -0.2) is 9.97 Å². The summed E-state index contributed by atoms with van der Waals surface area (Å²) in [5.41, 5.74) is 4.05. The highest BCUT2D eigenvalue weighted by molar-refractivity contribution is 5.57. The summed E-state index contributed by atoms with van der Waals surface area (Å²) in [6.07, 6.45) is 5.00. The van der Waals surface area contributed by atoms with Crippen LogP contribution in [0.3, 0.4) is 0 Å². The zero-order valence-electron chi connectivity index (χ0n) is 14.6. The Morgan fingerprint density at radius 3 is 2.65 bits per heavy atom. The molecule has 1 aliphatic rings. The molecule has 2 N–H and O–H groups in total. The summed E-state index contributed by atoms with van der Waals surface area (Å²) < 4.78 is 0. The van der Waals surface area contributed by atoms with Crippen LogP contribution in [-0.2, 0) is 12.8 Å². The maximum absolute atomic E-state index is 10.3. The minimum Gasteiger partial charge on any atom is -0.388 e. The van der Waals surface area contributed by atoms with Crippen LogP contribution in [0.5, 0.6) is 0 Å². The van der Waals surface area contributed by atoms with Crippen molar-refractivity contribution < 1.29 is 5.11 Å². The SMILES string of the molecule is O[C@@H](CCNc1nc(-c2ccccn2)nc2c1CCC2)c1ccccc1. The van der Waals surface area contributed by atoms with E-state index in [1.165, 1.54) is 5.56 Å². The molecule has 1 aromatic carbocycles. The van der Waals surface area contributed by atoms with Crippen LogP contribution in [0.4, 0.5) is 5.82 Å². The third-order valence-corrected chi connectivity index (χ3v) is 4.72. The maximum atomic E-state index is 10.3. The average molecular weight is 346 g/mol. The normalized spacial score (nSPS) is 14.0. The first-order valence-electron chi connectivity index (χ1n) is 9.09. The predicted octanol–water partition coefficient (Wildman–Crippen LogP) is 3.56. The molecule has 0 spiro atoms. The van der Waals surface area contributed by atoms with Crippen LogP contribution in [0.15, 0.2) is 54.7 Å². The number of rotatable bonds is 6. The van der Waals surface area contributed by atoms with E-state index in [-0.39, 0.29) is 0 Å². The first-order valence-corrected chi connectivity index (χ1v) is 9.09. The quantitative estimate of drug-likeness (QED) is 0.714. The van der Waals surface area contributed by atoms with E-state index in [9.17, 15) is 5.11 Å². The molecule has 2 aromatic heterocycles. The summed E-state index contributed by atoms with van der Waals surface area (Å²) in [6.45, 7) is 0.654. The van der Waals surface area contributed by atoms with Gasteiger partial charge in [0.05, 0.1) is 6.10 Å². The number of fused-ring (bicyclic) bond motifs is 1. The Morgan fingerprint density at radius 2 is 1.85 bits per heavy atom. The lowest BCUT2D eigenvalue weighted by molar-refractivity contribution is 0.171. The first-order chi connectivity index (χ1) is 12.8. The Balaban J connectivity index is 1.50. The van der Waals surface area contributed by atoms with Crippen LogP contribution < -0.4 is 5.32 Å². The van der Waals surface area contributed by atoms with E-state index in [1.807, 2.05) is 48.5 Å². The highest BCUT2D eigenvalue weighted by atomic mass is 16.3. The number of nitrogens with one attached hydrogen (secondary N) is 1. The molecule has 0 bridgehead atoms. The van der Waals surface area contributed by atoms with Crippen molar-refractivity contribution in [3.8, 4) is 11.5 Å². The summed E-state index contributed by atoms with van der Waals surface area (Å²) in [5.74, 6) is 1.55. The van der Waals surface area contributed by atoms with Gasteiger partial charge in [0, 0.05) is 24.0 Å². The lowest BCUT2D eigenvalue weighted by Crippen LogP contribution is -2.11. The molecule has 1 atom stereocenters. The van der Waals surface area contributed by atoms with E-state index in [4.69, 9.17) is 9.97 Å².